The van der Waals surface area contributed by atoms with Crippen LogP contribution in [0.25, 0.3) is 4.85 Å². The van der Waals surface area contributed by atoms with Crippen molar-refractivity contribution >= 4 is 0 Å². The van der Waals surface area contributed by atoms with Crippen LogP contribution in [0.15, 0.2) is 24.3 Å². The fourth-order valence-electron chi connectivity index (χ4n) is 1.17. The van der Waals surface area contributed by atoms with Crippen LogP contribution in [0.5, 0.6) is 5.75 Å². The Morgan fingerprint density at radius 3 is 2.50 bits per heavy atom. The molecule has 1 atom stereocenters. The first kappa shape index (κ1) is 10.5. The van der Waals surface area contributed by atoms with Crippen LogP contribution in [0.1, 0.15) is 11.6 Å². The van der Waals surface area contributed by atoms with Gasteiger partial charge in [0.1, 0.15) is 5.75 Å². The summed E-state index contributed by atoms with van der Waals surface area (Å²) in [4.78, 5) is 2.89. The first-order chi connectivity index (χ1) is 6.70. The molecule has 0 radical (unpaired) electrons. The largest absolute Gasteiger partial charge is 0.496 e. The Morgan fingerprint density at radius 2 is 2.00 bits per heavy atom. The molecule has 0 aliphatic rings. The molecule has 1 aromatic rings. The van der Waals surface area contributed by atoms with Crippen molar-refractivity contribution in [2.75, 3.05) is 7.11 Å². The molecule has 14 heavy (non-hydrogen) atoms. The van der Waals surface area contributed by atoms with Crippen LogP contribution in [0.4, 0.5) is 8.78 Å². The molecule has 0 spiro atoms. The number of alkyl halides is 2. The summed E-state index contributed by atoms with van der Waals surface area (Å²) in [6.07, 6.45) is -2.69. The highest BCUT2D eigenvalue weighted by Gasteiger charge is 2.30. The van der Waals surface area contributed by atoms with E-state index in [9.17, 15) is 8.78 Å². The maximum atomic E-state index is 12.4. The molecule has 0 bridgehead atoms. The Balaban J connectivity index is 3.10. The van der Waals surface area contributed by atoms with Crippen LogP contribution >= 0.6 is 0 Å². The van der Waals surface area contributed by atoms with Gasteiger partial charge in [0.05, 0.1) is 12.7 Å². The average Bonchev–Trinajstić information content (AvgIpc) is 2.19. The molecule has 0 amide bonds. The van der Waals surface area contributed by atoms with Crippen LogP contribution < -0.4 is 4.74 Å². The van der Waals surface area contributed by atoms with Gasteiger partial charge in [-0.1, -0.05) is 12.1 Å². The standard InChI is InChI=1S/C10H9F2NO/c1-13-9(10(11)12)7-5-3-4-6-8(7)14-2/h3-6,9-10H,2H3. The summed E-state index contributed by atoms with van der Waals surface area (Å²) in [7, 11) is 1.39. The zero-order chi connectivity index (χ0) is 10.6. The zero-order valence-corrected chi connectivity index (χ0v) is 7.58. The molecular weight excluding hydrogens is 188 g/mol. The maximum absolute atomic E-state index is 12.4. The minimum Gasteiger partial charge on any atom is -0.496 e. The summed E-state index contributed by atoms with van der Waals surface area (Å²) in [6, 6.07) is 4.89. The molecule has 0 aromatic heterocycles. The lowest BCUT2D eigenvalue weighted by Gasteiger charge is -2.09. The van der Waals surface area contributed by atoms with E-state index in [2.05, 4.69) is 4.85 Å². The van der Waals surface area contributed by atoms with E-state index in [1.54, 1.807) is 18.2 Å². The molecule has 0 N–H and O–H groups in total. The second-order valence-electron chi connectivity index (χ2n) is 2.65. The molecule has 1 rings (SSSR count). The lowest BCUT2D eigenvalue weighted by Crippen LogP contribution is -2.06. The molecule has 0 saturated heterocycles. The minimum absolute atomic E-state index is 0.236. The van der Waals surface area contributed by atoms with E-state index >= 15 is 0 Å². The van der Waals surface area contributed by atoms with E-state index in [1.807, 2.05) is 0 Å². The zero-order valence-electron chi connectivity index (χ0n) is 7.58. The van der Waals surface area contributed by atoms with Gasteiger partial charge in [-0.25, -0.2) is 15.4 Å². The van der Waals surface area contributed by atoms with Crippen molar-refractivity contribution in [3.8, 4) is 5.75 Å². The van der Waals surface area contributed by atoms with E-state index in [0.29, 0.717) is 5.75 Å². The van der Waals surface area contributed by atoms with Gasteiger partial charge in [-0.15, -0.1) is 0 Å². The van der Waals surface area contributed by atoms with Gasteiger partial charge in [-0.3, -0.25) is 0 Å². The molecule has 0 saturated carbocycles. The first-order valence-electron chi connectivity index (χ1n) is 3.98. The summed E-state index contributed by atoms with van der Waals surface area (Å²) < 4.78 is 29.8. The van der Waals surface area contributed by atoms with Gasteiger partial charge in [0, 0.05) is 0 Å². The number of halogens is 2. The Hall–Kier alpha value is -1.63. The molecule has 0 fully saturated rings. The molecule has 1 aromatic carbocycles. The van der Waals surface area contributed by atoms with Crippen LogP contribution in [0, 0.1) is 6.57 Å². The third-order valence-electron chi connectivity index (χ3n) is 1.84. The molecule has 74 valence electrons. The molecule has 0 aliphatic heterocycles. The number of rotatable bonds is 3. The van der Waals surface area contributed by atoms with Crippen molar-refractivity contribution < 1.29 is 13.5 Å². The Kier molecular flexibility index (Phi) is 3.41. The van der Waals surface area contributed by atoms with Crippen molar-refractivity contribution in [1.82, 2.24) is 0 Å². The van der Waals surface area contributed by atoms with Gasteiger partial charge in [0.25, 0.3) is 0 Å². The Morgan fingerprint density at radius 1 is 1.36 bits per heavy atom. The average molecular weight is 197 g/mol. The minimum atomic E-state index is -2.69. The van der Waals surface area contributed by atoms with Crippen LogP contribution in [0.2, 0.25) is 0 Å². The normalized spacial score (nSPS) is 12.2. The van der Waals surface area contributed by atoms with Crippen molar-refractivity contribution in [3.05, 3.63) is 41.2 Å². The lowest BCUT2D eigenvalue weighted by atomic mass is 10.1. The van der Waals surface area contributed by atoms with E-state index in [-0.39, 0.29) is 5.56 Å². The summed E-state index contributed by atoms with van der Waals surface area (Å²) in [5.41, 5.74) is 0.236. The molecule has 0 heterocycles. The quantitative estimate of drug-likeness (QED) is 0.679. The number of nitrogens with zero attached hydrogens (tertiary/aromatic N) is 1. The second kappa shape index (κ2) is 4.56. The molecule has 1 unspecified atom stereocenters. The highest BCUT2D eigenvalue weighted by Crippen LogP contribution is 2.31. The number of ether oxygens (including phenoxy) is 1. The van der Waals surface area contributed by atoms with Gasteiger partial charge in [-0.2, -0.15) is 0 Å². The summed E-state index contributed by atoms with van der Waals surface area (Å²) in [6.45, 7) is 6.69. The van der Waals surface area contributed by atoms with E-state index in [4.69, 9.17) is 11.3 Å². The SMILES string of the molecule is [C-]#[N+]C(c1ccccc1OC)C(F)F. The topological polar surface area (TPSA) is 13.6 Å². The fourth-order valence-corrected chi connectivity index (χ4v) is 1.17. The number of hydrogen-bond acceptors (Lipinski definition) is 1. The maximum Gasteiger partial charge on any atom is 0.316 e. The predicted octanol–water partition coefficient (Wildman–Crippen LogP) is 2.92. The smallest absolute Gasteiger partial charge is 0.316 e. The number of benzene rings is 1. The highest BCUT2D eigenvalue weighted by molar-refractivity contribution is 5.37. The number of methoxy groups -OCH3 is 1. The molecule has 0 aliphatic carbocycles. The third kappa shape index (κ3) is 1.99. The van der Waals surface area contributed by atoms with Gasteiger partial charge in [-0.05, 0) is 12.1 Å². The number of para-hydroxylation sites is 1. The fraction of sp³-hybridized carbons (Fsp3) is 0.300. The van der Waals surface area contributed by atoms with Crippen LogP contribution in [-0.2, 0) is 0 Å². The molecule has 2 nitrogen and oxygen atoms in total. The van der Waals surface area contributed by atoms with Crippen molar-refractivity contribution in [3.63, 3.8) is 0 Å². The Labute approximate surface area is 80.9 Å². The Bertz CT molecular complexity index is 346. The van der Waals surface area contributed by atoms with Crippen molar-refractivity contribution in [2.45, 2.75) is 12.5 Å². The van der Waals surface area contributed by atoms with Gasteiger partial charge >= 0.3 is 12.5 Å². The van der Waals surface area contributed by atoms with E-state index < -0.39 is 12.5 Å². The summed E-state index contributed by atoms with van der Waals surface area (Å²) in [5.74, 6) is 0.328. The van der Waals surface area contributed by atoms with E-state index in [1.165, 1.54) is 13.2 Å². The summed E-state index contributed by atoms with van der Waals surface area (Å²) in [5, 5.41) is 0. The lowest BCUT2D eigenvalue weighted by molar-refractivity contribution is 0.129. The van der Waals surface area contributed by atoms with E-state index in [0.717, 1.165) is 0 Å². The van der Waals surface area contributed by atoms with Gasteiger partial charge in [0.2, 0.25) is 0 Å². The number of hydrogen-bond donors (Lipinski definition) is 0. The second-order valence-corrected chi connectivity index (χ2v) is 2.65. The third-order valence-corrected chi connectivity index (χ3v) is 1.84. The molecular formula is C10H9F2NO. The highest BCUT2D eigenvalue weighted by atomic mass is 19.3. The van der Waals surface area contributed by atoms with Crippen molar-refractivity contribution in [1.29, 1.82) is 0 Å². The van der Waals surface area contributed by atoms with Crippen molar-refractivity contribution in [2.24, 2.45) is 0 Å². The van der Waals surface area contributed by atoms with Gasteiger partial charge < -0.3 is 9.58 Å². The van der Waals surface area contributed by atoms with Crippen LogP contribution in [0.3, 0.4) is 0 Å². The predicted molar refractivity (Wildman–Crippen MR) is 48.3 cm³/mol. The monoisotopic (exact) mass is 197 g/mol. The van der Waals surface area contributed by atoms with Crippen LogP contribution in [-0.4, -0.2) is 13.5 Å². The summed E-state index contributed by atoms with van der Waals surface area (Å²) >= 11 is 0. The van der Waals surface area contributed by atoms with Gasteiger partial charge in [0.15, 0.2) is 0 Å². The molecule has 4 heteroatoms. The first-order valence-corrected chi connectivity index (χ1v) is 3.98.